The first-order valence-corrected chi connectivity index (χ1v) is 7.04. The fraction of sp³-hybridized carbons (Fsp3) is 1.00. The van der Waals surface area contributed by atoms with Gasteiger partial charge in [-0.1, -0.05) is 0 Å². The molecule has 0 aromatic rings. The first-order chi connectivity index (χ1) is 6.86. The lowest BCUT2D eigenvalue weighted by Gasteiger charge is -2.32. The maximum absolute atomic E-state index is 3.57. The third-order valence-corrected chi connectivity index (χ3v) is 4.40. The van der Waals surface area contributed by atoms with Gasteiger partial charge in [-0.3, -0.25) is 4.90 Å². The SMILES string of the molecule is CC1CSCCN1CCNCC1CC1. The van der Waals surface area contributed by atoms with Crippen LogP contribution in [0.2, 0.25) is 0 Å². The zero-order chi connectivity index (χ0) is 9.80. The number of hydrogen-bond donors (Lipinski definition) is 1. The summed E-state index contributed by atoms with van der Waals surface area (Å²) in [5.41, 5.74) is 0. The van der Waals surface area contributed by atoms with Crippen molar-refractivity contribution in [2.45, 2.75) is 25.8 Å². The summed E-state index contributed by atoms with van der Waals surface area (Å²) in [6.07, 6.45) is 2.92. The fourth-order valence-corrected chi connectivity index (χ4v) is 3.03. The number of thioether (sulfide) groups is 1. The lowest BCUT2D eigenvalue weighted by atomic mass is 10.3. The molecule has 3 heteroatoms. The summed E-state index contributed by atoms with van der Waals surface area (Å²) in [5, 5.41) is 3.57. The summed E-state index contributed by atoms with van der Waals surface area (Å²) < 4.78 is 0. The van der Waals surface area contributed by atoms with E-state index >= 15 is 0 Å². The van der Waals surface area contributed by atoms with E-state index in [1.54, 1.807) is 0 Å². The molecule has 0 amide bonds. The third kappa shape index (κ3) is 3.44. The van der Waals surface area contributed by atoms with Gasteiger partial charge in [-0.15, -0.1) is 0 Å². The summed E-state index contributed by atoms with van der Waals surface area (Å²) in [6.45, 7) is 7.33. The number of nitrogens with one attached hydrogen (secondary N) is 1. The Morgan fingerprint density at radius 2 is 2.29 bits per heavy atom. The number of nitrogens with zero attached hydrogens (tertiary/aromatic N) is 1. The Kier molecular flexibility index (Phi) is 4.14. The van der Waals surface area contributed by atoms with Crippen LogP contribution in [0.1, 0.15) is 19.8 Å². The van der Waals surface area contributed by atoms with Crippen molar-refractivity contribution < 1.29 is 0 Å². The molecule has 1 aliphatic carbocycles. The Balaban J connectivity index is 1.53. The minimum absolute atomic E-state index is 0.788. The minimum atomic E-state index is 0.788. The van der Waals surface area contributed by atoms with E-state index in [4.69, 9.17) is 0 Å². The molecule has 0 aromatic carbocycles. The van der Waals surface area contributed by atoms with Crippen LogP contribution < -0.4 is 5.32 Å². The van der Waals surface area contributed by atoms with Gasteiger partial charge in [-0.05, 0) is 32.2 Å². The molecule has 1 unspecified atom stereocenters. The van der Waals surface area contributed by atoms with Crippen LogP contribution in [0.25, 0.3) is 0 Å². The molecule has 2 nitrogen and oxygen atoms in total. The maximum Gasteiger partial charge on any atom is 0.0158 e. The van der Waals surface area contributed by atoms with Crippen molar-refractivity contribution in [3.05, 3.63) is 0 Å². The quantitative estimate of drug-likeness (QED) is 0.697. The third-order valence-electron chi connectivity index (χ3n) is 3.21. The monoisotopic (exact) mass is 214 g/mol. The van der Waals surface area contributed by atoms with Crippen molar-refractivity contribution in [1.82, 2.24) is 10.2 Å². The van der Waals surface area contributed by atoms with Gasteiger partial charge in [-0.25, -0.2) is 0 Å². The topological polar surface area (TPSA) is 15.3 Å². The standard InChI is InChI=1S/C11H22N2S/c1-10-9-14-7-6-13(10)5-4-12-8-11-2-3-11/h10-12H,2-9H2,1H3. The molecule has 1 aliphatic heterocycles. The van der Waals surface area contributed by atoms with Crippen molar-refractivity contribution >= 4 is 11.8 Å². The molecule has 2 fully saturated rings. The number of rotatable bonds is 5. The minimum Gasteiger partial charge on any atom is -0.315 e. The van der Waals surface area contributed by atoms with E-state index in [1.165, 1.54) is 50.5 Å². The summed E-state index contributed by atoms with van der Waals surface area (Å²) >= 11 is 2.10. The van der Waals surface area contributed by atoms with Crippen LogP contribution in [0.4, 0.5) is 0 Å². The second-order valence-corrected chi connectivity index (χ2v) is 5.76. The van der Waals surface area contributed by atoms with Crippen LogP contribution in [0.5, 0.6) is 0 Å². The molecule has 2 rings (SSSR count). The van der Waals surface area contributed by atoms with Gasteiger partial charge < -0.3 is 5.32 Å². The molecule has 0 bridgehead atoms. The zero-order valence-corrected chi connectivity index (χ0v) is 9.98. The highest BCUT2D eigenvalue weighted by molar-refractivity contribution is 7.99. The molecular weight excluding hydrogens is 192 g/mol. The summed E-state index contributed by atoms with van der Waals surface area (Å²) in [6, 6.07) is 0.788. The number of hydrogen-bond acceptors (Lipinski definition) is 3. The van der Waals surface area contributed by atoms with Crippen molar-refractivity contribution in [1.29, 1.82) is 0 Å². The Morgan fingerprint density at radius 3 is 3.00 bits per heavy atom. The Labute approximate surface area is 91.8 Å². The van der Waals surface area contributed by atoms with Crippen LogP contribution >= 0.6 is 11.8 Å². The van der Waals surface area contributed by atoms with Crippen molar-refractivity contribution in [2.24, 2.45) is 5.92 Å². The van der Waals surface area contributed by atoms with Crippen LogP contribution in [-0.4, -0.2) is 48.6 Å². The fourth-order valence-electron chi connectivity index (χ4n) is 1.94. The lowest BCUT2D eigenvalue weighted by molar-refractivity contribution is 0.232. The molecule has 0 aromatic heterocycles. The Bertz CT molecular complexity index is 171. The highest BCUT2D eigenvalue weighted by atomic mass is 32.2. The molecule has 2 aliphatic rings. The van der Waals surface area contributed by atoms with Gasteiger partial charge in [0.15, 0.2) is 0 Å². The molecule has 1 N–H and O–H groups in total. The van der Waals surface area contributed by atoms with Gasteiger partial charge in [0.05, 0.1) is 0 Å². The molecule has 0 radical (unpaired) electrons. The van der Waals surface area contributed by atoms with Crippen molar-refractivity contribution in [3.8, 4) is 0 Å². The molecule has 1 atom stereocenters. The van der Waals surface area contributed by atoms with E-state index in [9.17, 15) is 0 Å². The Morgan fingerprint density at radius 1 is 1.43 bits per heavy atom. The van der Waals surface area contributed by atoms with Gasteiger partial charge >= 0.3 is 0 Å². The highest BCUT2D eigenvalue weighted by Crippen LogP contribution is 2.27. The van der Waals surface area contributed by atoms with Crippen molar-refractivity contribution in [3.63, 3.8) is 0 Å². The smallest absolute Gasteiger partial charge is 0.0158 e. The maximum atomic E-state index is 3.57. The van der Waals surface area contributed by atoms with Gasteiger partial charge in [0.1, 0.15) is 0 Å². The van der Waals surface area contributed by atoms with Crippen molar-refractivity contribution in [2.75, 3.05) is 37.7 Å². The largest absolute Gasteiger partial charge is 0.315 e. The molecule has 1 saturated heterocycles. The van der Waals surface area contributed by atoms with Gasteiger partial charge in [0.2, 0.25) is 0 Å². The summed E-state index contributed by atoms with van der Waals surface area (Å²) in [5.74, 6) is 3.67. The predicted molar refractivity (Wildman–Crippen MR) is 64.0 cm³/mol. The van der Waals surface area contributed by atoms with Crippen LogP contribution in [0, 0.1) is 5.92 Å². The highest BCUT2D eigenvalue weighted by Gasteiger charge is 2.21. The summed E-state index contributed by atoms with van der Waals surface area (Å²) in [7, 11) is 0. The molecule has 1 saturated carbocycles. The van der Waals surface area contributed by atoms with Gasteiger partial charge in [-0.2, -0.15) is 11.8 Å². The normalized spacial score (nSPS) is 29.4. The van der Waals surface area contributed by atoms with E-state index < -0.39 is 0 Å². The molecule has 1 heterocycles. The van der Waals surface area contributed by atoms with E-state index in [0.717, 1.165) is 12.0 Å². The lowest BCUT2D eigenvalue weighted by Crippen LogP contribution is -2.43. The molecule has 82 valence electrons. The predicted octanol–water partition coefficient (Wildman–Crippen LogP) is 1.42. The Hall–Kier alpha value is 0.270. The van der Waals surface area contributed by atoms with Crippen LogP contribution in [-0.2, 0) is 0 Å². The average molecular weight is 214 g/mol. The second-order valence-electron chi connectivity index (χ2n) is 4.61. The first kappa shape index (κ1) is 10.8. The van der Waals surface area contributed by atoms with E-state index in [2.05, 4.69) is 28.9 Å². The van der Waals surface area contributed by atoms with Gasteiger partial charge in [0.25, 0.3) is 0 Å². The van der Waals surface area contributed by atoms with E-state index in [-0.39, 0.29) is 0 Å². The molecule has 0 spiro atoms. The zero-order valence-electron chi connectivity index (χ0n) is 9.17. The molecule has 14 heavy (non-hydrogen) atoms. The van der Waals surface area contributed by atoms with Crippen LogP contribution in [0.15, 0.2) is 0 Å². The second kappa shape index (κ2) is 5.38. The first-order valence-electron chi connectivity index (χ1n) is 5.89. The van der Waals surface area contributed by atoms with Crippen LogP contribution in [0.3, 0.4) is 0 Å². The summed E-state index contributed by atoms with van der Waals surface area (Å²) in [4.78, 5) is 2.62. The molecular formula is C11H22N2S. The van der Waals surface area contributed by atoms with E-state index in [1.807, 2.05) is 0 Å². The van der Waals surface area contributed by atoms with Gasteiger partial charge in [0, 0.05) is 37.2 Å². The average Bonchev–Trinajstić information content (AvgIpc) is 2.99. The van der Waals surface area contributed by atoms with E-state index in [0.29, 0.717) is 0 Å².